The van der Waals surface area contributed by atoms with Crippen LogP contribution in [0, 0.1) is 18.8 Å². The van der Waals surface area contributed by atoms with E-state index in [1.165, 1.54) is 0 Å². The molecular formula is C24H30N2O3. The fourth-order valence-electron chi connectivity index (χ4n) is 4.09. The molecule has 2 atom stereocenters. The van der Waals surface area contributed by atoms with Crippen molar-refractivity contribution in [3.63, 3.8) is 0 Å². The third-order valence-corrected chi connectivity index (χ3v) is 5.90. The highest BCUT2D eigenvalue weighted by atomic mass is 16.5. The average Bonchev–Trinajstić information content (AvgIpc) is 3.50. The van der Waals surface area contributed by atoms with E-state index in [1.54, 1.807) is 6.20 Å². The summed E-state index contributed by atoms with van der Waals surface area (Å²) in [6.07, 6.45) is 7.14. The Kier molecular flexibility index (Phi) is 6.14. The Bertz CT molecular complexity index is 861. The van der Waals surface area contributed by atoms with Crippen LogP contribution in [0.25, 0.3) is 11.1 Å². The summed E-state index contributed by atoms with van der Waals surface area (Å²) in [6.45, 7) is 5.78. The van der Waals surface area contributed by atoms with Crippen LogP contribution in [0.15, 0.2) is 36.5 Å². The zero-order valence-electron chi connectivity index (χ0n) is 17.3. The zero-order chi connectivity index (χ0) is 20.2. The predicted octanol–water partition coefficient (Wildman–Crippen LogP) is 4.99. The summed E-state index contributed by atoms with van der Waals surface area (Å²) in [5, 5.41) is 3.00. The lowest BCUT2D eigenvalue weighted by Crippen LogP contribution is -2.26. The molecule has 2 fully saturated rings. The van der Waals surface area contributed by atoms with Crippen molar-refractivity contribution < 1.29 is 14.3 Å². The topological polar surface area (TPSA) is 60.5 Å². The van der Waals surface area contributed by atoms with E-state index in [9.17, 15) is 4.79 Å². The minimum Gasteiger partial charge on any atom is -0.490 e. The van der Waals surface area contributed by atoms with Crippen LogP contribution < -0.4 is 10.1 Å². The second-order valence-corrected chi connectivity index (χ2v) is 8.22. The highest BCUT2D eigenvalue weighted by Gasteiger charge is 2.41. The lowest BCUT2D eigenvalue weighted by Gasteiger charge is -2.24. The van der Waals surface area contributed by atoms with Gasteiger partial charge in [-0.05, 0) is 66.6 Å². The van der Waals surface area contributed by atoms with E-state index < -0.39 is 0 Å². The van der Waals surface area contributed by atoms with Crippen LogP contribution in [0.2, 0.25) is 0 Å². The van der Waals surface area contributed by atoms with E-state index in [4.69, 9.17) is 9.47 Å². The lowest BCUT2D eigenvalue weighted by atomic mass is 10.0. The number of pyridine rings is 1. The molecule has 1 saturated heterocycles. The zero-order valence-corrected chi connectivity index (χ0v) is 17.3. The molecule has 1 aliphatic carbocycles. The first-order valence-electron chi connectivity index (χ1n) is 10.8. The Morgan fingerprint density at radius 1 is 1.21 bits per heavy atom. The molecule has 0 bridgehead atoms. The van der Waals surface area contributed by atoms with Gasteiger partial charge in [-0.2, -0.15) is 0 Å². The summed E-state index contributed by atoms with van der Waals surface area (Å²) < 4.78 is 11.6. The standard InChI is InChI=1S/C24H30N2O3/c1-3-4-19-14-21(19)24(27)26-23-15-18(7-10-25-23)17-5-6-22(16(2)13-17)29-20-8-11-28-12-9-20/h5-7,10,13,15,19-21H,3-4,8-9,11-12,14H2,1-2H3,(H,25,26,27)/t19-,21-/m0/s1. The molecule has 1 aromatic heterocycles. The summed E-state index contributed by atoms with van der Waals surface area (Å²) in [7, 11) is 0. The average molecular weight is 395 g/mol. The quantitative estimate of drug-likeness (QED) is 0.719. The molecule has 1 N–H and O–H groups in total. The van der Waals surface area contributed by atoms with Gasteiger partial charge in [0.05, 0.1) is 13.2 Å². The molecule has 1 aromatic carbocycles. The number of aromatic nitrogens is 1. The fraction of sp³-hybridized carbons (Fsp3) is 0.500. The Morgan fingerprint density at radius 3 is 2.76 bits per heavy atom. The number of aryl methyl sites for hydroxylation is 1. The Hall–Kier alpha value is -2.40. The monoisotopic (exact) mass is 394 g/mol. The molecule has 1 aliphatic heterocycles. The molecule has 1 saturated carbocycles. The second-order valence-electron chi connectivity index (χ2n) is 8.22. The highest BCUT2D eigenvalue weighted by Crippen LogP contribution is 2.42. The second kappa shape index (κ2) is 8.95. The first kappa shape index (κ1) is 19.9. The number of hydrogen-bond donors (Lipinski definition) is 1. The molecule has 29 heavy (non-hydrogen) atoms. The van der Waals surface area contributed by atoms with E-state index in [2.05, 4.69) is 36.3 Å². The molecule has 2 aromatic rings. The van der Waals surface area contributed by atoms with Crippen molar-refractivity contribution in [1.29, 1.82) is 0 Å². The number of amides is 1. The largest absolute Gasteiger partial charge is 0.490 e. The van der Waals surface area contributed by atoms with Crippen LogP contribution in [0.5, 0.6) is 5.75 Å². The van der Waals surface area contributed by atoms with Crippen LogP contribution in [0.4, 0.5) is 5.82 Å². The van der Waals surface area contributed by atoms with Crippen molar-refractivity contribution in [2.75, 3.05) is 18.5 Å². The van der Waals surface area contributed by atoms with Gasteiger partial charge in [0.1, 0.15) is 17.7 Å². The van der Waals surface area contributed by atoms with Gasteiger partial charge in [-0.1, -0.05) is 19.4 Å². The Labute approximate surface area is 172 Å². The number of carbonyl (C=O) groups excluding carboxylic acids is 1. The van der Waals surface area contributed by atoms with Crippen LogP contribution >= 0.6 is 0 Å². The number of carbonyl (C=O) groups is 1. The van der Waals surface area contributed by atoms with Crippen LogP contribution in [-0.4, -0.2) is 30.2 Å². The Balaban J connectivity index is 1.42. The molecule has 5 heteroatoms. The summed E-state index contributed by atoms with van der Waals surface area (Å²) >= 11 is 0. The minimum absolute atomic E-state index is 0.101. The van der Waals surface area contributed by atoms with E-state index in [1.807, 2.05) is 18.2 Å². The van der Waals surface area contributed by atoms with Gasteiger partial charge < -0.3 is 14.8 Å². The van der Waals surface area contributed by atoms with Gasteiger partial charge in [0, 0.05) is 25.0 Å². The highest BCUT2D eigenvalue weighted by molar-refractivity contribution is 5.94. The number of anilines is 1. The number of rotatable bonds is 7. The van der Waals surface area contributed by atoms with Gasteiger partial charge in [0.15, 0.2) is 0 Å². The van der Waals surface area contributed by atoms with Crippen molar-refractivity contribution in [2.24, 2.45) is 11.8 Å². The predicted molar refractivity (Wildman–Crippen MR) is 114 cm³/mol. The molecule has 5 nitrogen and oxygen atoms in total. The van der Waals surface area contributed by atoms with Crippen LogP contribution in [0.3, 0.4) is 0 Å². The maximum Gasteiger partial charge on any atom is 0.228 e. The van der Waals surface area contributed by atoms with E-state index in [0.717, 1.165) is 67.8 Å². The van der Waals surface area contributed by atoms with Gasteiger partial charge in [0.25, 0.3) is 0 Å². The summed E-state index contributed by atoms with van der Waals surface area (Å²) in [5.41, 5.74) is 3.24. The molecule has 2 heterocycles. The maximum absolute atomic E-state index is 12.4. The first-order chi connectivity index (χ1) is 14.1. The summed E-state index contributed by atoms with van der Waals surface area (Å²) in [5.74, 6) is 2.36. The molecule has 0 radical (unpaired) electrons. The molecular weight excluding hydrogens is 364 g/mol. The number of nitrogens with zero attached hydrogens (tertiary/aromatic N) is 1. The van der Waals surface area contributed by atoms with E-state index in [-0.39, 0.29) is 17.9 Å². The molecule has 0 unspecified atom stereocenters. The smallest absolute Gasteiger partial charge is 0.228 e. The van der Waals surface area contributed by atoms with Crippen molar-refractivity contribution in [1.82, 2.24) is 4.98 Å². The normalized spacial score (nSPS) is 21.6. The van der Waals surface area contributed by atoms with Crippen molar-refractivity contribution in [3.8, 4) is 16.9 Å². The molecule has 2 aliphatic rings. The molecule has 154 valence electrons. The first-order valence-corrected chi connectivity index (χ1v) is 10.8. The molecule has 1 amide bonds. The van der Waals surface area contributed by atoms with Gasteiger partial charge in [-0.3, -0.25) is 4.79 Å². The molecule has 4 rings (SSSR count). The van der Waals surface area contributed by atoms with Crippen molar-refractivity contribution >= 4 is 11.7 Å². The van der Waals surface area contributed by atoms with Crippen LogP contribution in [-0.2, 0) is 9.53 Å². The molecule has 0 spiro atoms. The Morgan fingerprint density at radius 2 is 2.00 bits per heavy atom. The maximum atomic E-state index is 12.4. The van der Waals surface area contributed by atoms with E-state index >= 15 is 0 Å². The number of ether oxygens (including phenoxy) is 2. The number of hydrogen-bond acceptors (Lipinski definition) is 4. The third-order valence-electron chi connectivity index (χ3n) is 5.90. The van der Waals surface area contributed by atoms with Crippen LogP contribution in [0.1, 0.15) is 44.6 Å². The third kappa shape index (κ3) is 4.96. The van der Waals surface area contributed by atoms with Gasteiger partial charge in [-0.15, -0.1) is 0 Å². The van der Waals surface area contributed by atoms with Gasteiger partial charge >= 0.3 is 0 Å². The number of benzene rings is 1. The van der Waals surface area contributed by atoms with Crippen molar-refractivity contribution in [3.05, 3.63) is 42.1 Å². The van der Waals surface area contributed by atoms with Gasteiger partial charge in [-0.25, -0.2) is 4.98 Å². The summed E-state index contributed by atoms with van der Waals surface area (Å²) in [4.78, 5) is 16.8. The minimum atomic E-state index is 0.101. The van der Waals surface area contributed by atoms with Crippen molar-refractivity contribution in [2.45, 2.75) is 52.1 Å². The van der Waals surface area contributed by atoms with Gasteiger partial charge in [0.2, 0.25) is 5.91 Å². The SMILES string of the molecule is CCC[C@H]1C[C@@H]1C(=O)Nc1cc(-c2ccc(OC3CCOCC3)c(C)c2)ccn1. The summed E-state index contributed by atoms with van der Waals surface area (Å²) in [6, 6.07) is 10.2. The lowest BCUT2D eigenvalue weighted by molar-refractivity contribution is -0.117. The fourth-order valence-corrected chi connectivity index (χ4v) is 4.09. The number of nitrogens with one attached hydrogen (secondary N) is 1. The van der Waals surface area contributed by atoms with E-state index in [0.29, 0.717) is 11.7 Å².